The van der Waals surface area contributed by atoms with Crippen LogP contribution in [0.1, 0.15) is 36.8 Å². The van der Waals surface area contributed by atoms with Crippen molar-refractivity contribution >= 4 is 17.6 Å². The van der Waals surface area contributed by atoms with E-state index in [1.54, 1.807) is 0 Å². The lowest BCUT2D eigenvalue weighted by Crippen LogP contribution is -2.27. The van der Waals surface area contributed by atoms with Gasteiger partial charge in [0.25, 0.3) is 0 Å². The molecular weight excluding hydrogens is 350 g/mol. The number of fused-ring (bicyclic) bond motifs is 5. The van der Waals surface area contributed by atoms with E-state index in [9.17, 15) is 4.79 Å². The molecule has 2 aromatic rings. The summed E-state index contributed by atoms with van der Waals surface area (Å²) < 4.78 is 11.7. The third kappa shape index (κ3) is 3.19. The van der Waals surface area contributed by atoms with Crippen LogP contribution in [0.2, 0.25) is 5.02 Å². The highest BCUT2D eigenvalue weighted by atomic mass is 35.5. The number of rotatable bonds is 3. The second-order valence-electron chi connectivity index (χ2n) is 7.32. The molecule has 2 aromatic carbocycles. The largest absolute Gasteiger partial charge is 0.457 e. The van der Waals surface area contributed by atoms with E-state index < -0.39 is 0 Å². The number of ether oxygens (including phenoxy) is 2. The van der Waals surface area contributed by atoms with Crippen molar-refractivity contribution in [3.8, 4) is 11.5 Å². The van der Waals surface area contributed by atoms with Gasteiger partial charge in [-0.15, -0.1) is 0 Å². The Bertz CT molecular complexity index is 836. The van der Waals surface area contributed by atoms with Crippen LogP contribution in [-0.4, -0.2) is 30.7 Å². The molecule has 0 amide bonds. The minimum Gasteiger partial charge on any atom is -0.457 e. The minimum atomic E-state index is -0.163. The fourth-order valence-corrected chi connectivity index (χ4v) is 4.02. The molecule has 0 spiro atoms. The van der Waals surface area contributed by atoms with Gasteiger partial charge in [-0.25, -0.2) is 0 Å². The summed E-state index contributed by atoms with van der Waals surface area (Å²) in [6.45, 7) is 5.65. The predicted molar refractivity (Wildman–Crippen MR) is 101 cm³/mol. The summed E-state index contributed by atoms with van der Waals surface area (Å²) in [5.74, 6) is 2.01. The number of nitrogens with zero attached hydrogens (tertiary/aromatic N) is 1. The number of hydrogen-bond acceptors (Lipinski definition) is 4. The average Bonchev–Trinajstić information content (AvgIpc) is 3.00. The van der Waals surface area contributed by atoms with E-state index >= 15 is 0 Å². The Labute approximate surface area is 158 Å². The molecule has 2 unspecified atom stereocenters. The molecule has 2 heterocycles. The van der Waals surface area contributed by atoms with E-state index in [2.05, 4.69) is 11.0 Å². The zero-order valence-electron chi connectivity index (χ0n) is 14.9. The molecule has 0 aliphatic carbocycles. The molecule has 0 saturated carbocycles. The Morgan fingerprint density at radius 2 is 1.85 bits per heavy atom. The van der Waals surface area contributed by atoms with Crippen molar-refractivity contribution in [2.75, 3.05) is 19.8 Å². The number of likely N-dealkylation sites (tertiary alicyclic amines) is 1. The molecule has 5 heteroatoms. The van der Waals surface area contributed by atoms with Gasteiger partial charge in [0.2, 0.25) is 0 Å². The molecular formula is C21H22ClNO3. The zero-order chi connectivity index (χ0) is 18.3. The Kier molecular flexibility index (Phi) is 4.63. The first-order chi connectivity index (χ1) is 12.5. The van der Waals surface area contributed by atoms with Gasteiger partial charge in [0.15, 0.2) is 0 Å². The molecule has 1 saturated heterocycles. The van der Waals surface area contributed by atoms with Gasteiger partial charge < -0.3 is 9.47 Å². The van der Waals surface area contributed by atoms with Crippen LogP contribution in [0.15, 0.2) is 42.5 Å². The number of esters is 1. The molecule has 0 N–H and O–H groups in total. The lowest BCUT2D eigenvalue weighted by Gasteiger charge is -2.18. The monoisotopic (exact) mass is 371 g/mol. The van der Waals surface area contributed by atoms with Gasteiger partial charge in [0.1, 0.15) is 18.2 Å². The molecule has 0 bridgehead atoms. The van der Waals surface area contributed by atoms with Crippen molar-refractivity contribution in [1.82, 2.24) is 4.90 Å². The topological polar surface area (TPSA) is 38.8 Å². The highest BCUT2D eigenvalue weighted by Crippen LogP contribution is 2.50. The number of carbonyl (C=O) groups excluding carboxylic acids is 1. The molecule has 136 valence electrons. The maximum absolute atomic E-state index is 11.8. The van der Waals surface area contributed by atoms with Gasteiger partial charge in [-0.3, -0.25) is 9.69 Å². The second kappa shape index (κ2) is 6.93. The van der Waals surface area contributed by atoms with Crippen molar-refractivity contribution in [3.63, 3.8) is 0 Å². The summed E-state index contributed by atoms with van der Waals surface area (Å²) in [5, 5.41) is 0.710. The van der Waals surface area contributed by atoms with E-state index in [1.807, 2.05) is 50.2 Å². The molecule has 0 radical (unpaired) electrons. The van der Waals surface area contributed by atoms with E-state index in [0.717, 1.165) is 30.2 Å². The van der Waals surface area contributed by atoms with Crippen molar-refractivity contribution in [1.29, 1.82) is 0 Å². The molecule has 4 nitrogen and oxygen atoms in total. The maximum atomic E-state index is 11.8. The molecule has 4 rings (SSSR count). The SMILES string of the molecule is CC(C)C(=O)OCN1CC2c3ccccc3Oc3ccc(Cl)cc3C2C1. The van der Waals surface area contributed by atoms with E-state index in [-0.39, 0.29) is 23.7 Å². The predicted octanol–water partition coefficient (Wildman–Crippen LogP) is 4.79. The number of hydrogen-bond donors (Lipinski definition) is 0. The van der Waals surface area contributed by atoms with Gasteiger partial charge in [-0.1, -0.05) is 43.6 Å². The third-order valence-electron chi connectivity index (χ3n) is 5.17. The highest BCUT2D eigenvalue weighted by molar-refractivity contribution is 6.30. The quantitative estimate of drug-likeness (QED) is 0.727. The molecule has 2 aliphatic heterocycles. The van der Waals surface area contributed by atoms with Crippen molar-refractivity contribution in [2.24, 2.45) is 5.92 Å². The van der Waals surface area contributed by atoms with Crippen LogP contribution in [0.3, 0.4) is 0 Å². The normalized spacial score (nSPS) is 21.4. The first-order valence-corrected chi connectivity index (χ1v) is 9.36. The van der Waals surface area contributed by atoms with E-state index in [1.165, 1.54) is 5.56 Å². The summed E-state index contributed by atoms with van der Waals surface area (Å²) in [7, 11) is 0. The van der Waals surface area contributed by atoms with E-state index in [4.69, 9.17) is 21.1 Å². The Morgan fingerprint density at radius 3 is 2.62 bits per heavy atom. The molecule has 26 heavy (non-hydrogen) atoms. The lowest BCUT2D eigenvalue weighted by atomic mass is 9.84. The third-order valence-corrected chi connectivity index (χ3v) is 5.40. The van der Waals surface area contributed by atoms with Crippen LogP contribution in [-0.2, 0) is 9.53 Å². The number of para-hydroxylation sites is 1. The van der Waals surface area contributed by atoms with Crippen molar-refractivity contribution in [3.05, 3.63) is 58.6 Å². The summed E-state index contributed by atoms with van der Waals surface area (Å²) >= 11 is 6.27. The fraction of sp³-hybridized carbons (Fsp3) is 0.381. The van der Waals surface area contributed by atoms with Gasteiger partial charge in [0.05, 0.1) is 5.92 Å². The van der Waals surface area contributed by atoms with Gasteiger partial charge in [-0.2, -0.15) is 0 Å². The number of benzene rings is 2. The summed E-state index contributed by atoms with van der Waals surface area (Å²) in [6.07, 6.45) is 0. The Balaban J connectivity index is 1.65. The first kappa shape index (κ1) is 17.4. The molecule has 2 aliphatic rings. The zero-order valence-corrected chi connectivity index (χ0v) is 15.7. The Hall–Kier alpha value is -2.04. The first-order valence-electron chi connectivity index (χ1n) is 8.98. The van der Waals surface area contributed by atoms with Crippen LogP contribution in [0.25, 0.3) is 0 Å². The van der Waals surface area contributed by atoms with Crippen LogP contribution in [0.4, 0.5) is 0 Å². The van der Waals surface area contributed by atoms with Gasteiger partial charge >= 0.3 is 5.97 Å². The number of halogens is 1. The standard InChI is InChI=1S/C21H22ClNO3/c1-13(2)21(24)25-12-23-10-17-15-5-3-4-6-19(15)26-20-8-7-14(22)9-16(20)18(17)11-23/h3-9,13,17-18H,10-12H2,1-2H3. The van der Waals surface area contributed by atoms with Crippen LogP contribution in [0.5, 0.6) is 11.5 Å². The van der Waals surface area contributed by atoms with Gasteiger partial charge in [-0.05, 0) is 29.8 Å². The van der Waals surface area contributed by atoms with Crippen LogP contribution >= 0.6 is 11.6 Å². The molecule has 2 atom stereocenters. The van der Waals surface area contributed by atoms with Crippen molar-refractivity contribution < 1.29 is 14.3 Å². The Morgan fingerprint density at radius 1 is 1.15 bits per heavy atom. The molecule has 0 aromatic heterocycles. The van der Waals surface area contributed by atoms with E-state index in [0.29, 0.717) is 11.8 Å². The summed E-state index contributed by atoms with van der Waals surface area (Å²) in [5.41, 5.74) is 2.32. The van der Waals surface area contributed by atoms with Gasteiger partial charge in [0, 0.05) is 35.5 Å². The summed E-state index contributed by atoms with van der Waals surface area (Å²) in [4.78, 5) is 14.0. The molecule has 1 fully saturated rings. The minimum absolute atomic E-state index is 0.114. The smallest absolute Gasteiger partial charge is 0.309 e. The summed E-state index contributed by atoms with van der Waals surface area (Å²) in [6, 6.07) is 14.0. The van der Waals surface area contributed by atoms with Crippen molar-refractivity contribution in [2.45, 2.75) is 25.7 Å². The fourth-order valence-electron chi connectivity index (χ4n) is 3.84. The average molecular weight is 372 g/mol. The number of carbonyl (C=O) groups is 1. The highest BCUT2D eigenvalue weighted by Gasteiger charge is 2.40. The van der Waals surface area contributed by atoms with Crippen LogP contribution < -0.4 is 4.74 Å². The maximum Gasteiger partial charge on any atom is 0.309 e. The second-order valence-corrected chi connectivity index (χ2v) is 7.75. The van der Waals surface area contributed by atoms with Crippen LogP contribution in [0, 0.1) is 5.92 Å². The lowest BCUT2D eigenvalue weighted by molar-refractivity contribution is -0.151.